The maximum Gasteiger partial charge on any atom is 0.490 e. The zero-order valence-electron chi connectivity index (χ0n) is 13.1. The third-order valence-corrected chi connectivity index (χ3v) is 3.75. The van der Waals surface area contributed by atoms with E-state index in [4.69, 9.17) is 0 Å². The van der Waals surface area contributed by atoms with Crippen molar-refractivity contribution in [3.05, 3.63) is 47.5 Å². The van der Waals surface area contributed by atoms with E-state index in [1.807, 2.05) is 0 Å². The number of alkyl halides is 6. The average Bonchev–Trinajstić information content (AvgIpc) is 2.98. The minimum atomic E-state index is -5.08. The van der Waals surface area contributed by atoms with Gasteiger partial charge in [-0.05, 0) is 23.6 Å². The molecule has 4 nitrogen and oxygen atoms in total. The lowest BCUT2D eigenvalue weighted by Crippen LogP contribution is -2.34. The molecule has 1 aromatic rings. The predicted octanol–water partition coefficient (Wildman–Crippen LogP) is 3.34. The van der Waals surface area contributed by atoms with E-state index >= 15 is 0 Å². The molecule has 1 heterocycles. The fraction of sp³-hybridized carbons (Fsp3) is 0.438. The molecule has 0 amide bonds. The molecule has 1 aromatic carbocycles. The van der Waals surface area contributed by atoms with Gasteiger partial charge in [-0.3, -0.25) is 5.32 Å². The quantitative estimate of drug-likeness (QED) is 0.476. The summed E-state index contributed by atoms with van der Waals surface area (Å²) in [4.78, 5) is 10.8. The number of hydrogen-bond acceptors (Lipinski definition) is 4. The van der Waals surface area contributed by atoms with E-state index in [1.54, 1.807) is 0 Å². The number of aliphatic hydroxyl groups is 1. The molecule has 1 aliphatic heterocycles. The van der Waals surface area contributed by atoms with Crippen LogP contribution in [0.15, 0.2) is 36.4 Å². The largest absolute Gasteiger partial charge is 0.490 e. The summed E-state index contributed by atoms with van der Waals surface area (Å²) in [6, 6.07) is 3.96. The Hall–Kier alpha value is -2.07. The monoisotopic (exact) mass is 383 g/mol. The number of esters is 1. The van der Waals surface area contributed by atoms with Gasteiger partial charge in [-0.25, -0.2) is 4.79 Å². The van der Waals surface area contributed by atoms with Crippen LogP contribution in [0.3, 0.4) is 0 Å². The summed E-state index contributed by atoms with van der Waals surface area (Å²) in [5.41, 5.74) is -0.605. The summed E-state index contributed by atoms with van der Waals surface area (Å²) in [6.45, 7) is 0.228. The Morgan fingerprint density at radius 3 is 2.35 bits per heavy atom. The Labute approximate surface area is 144 Å². The van der Waals surface area contributed by atoms with Crippen LogP contribution in [0.5, 0.6) is 0 Å². The van der Waals surface area contributed by atoms with Gasteiger partial charge in [0.2, 0.25) is 0 Å². The molecule has 3 atom stereocenters. The number of nitrogens with one attached hydrogen (secondary N) is 1. The van der Waals surface area contributed by atoms with Crippen molar-refractivity contribution >= 4 is 5.97 Å². The number of halogens is 6. The van der Waals surface area contributed by atoms with Crippen molar-refractivity contribution in [2.45, 2.75) is 31.1 Å². The Morgan fingerprint density at radius 1 is 1.19 bits per heavy atom. The van der Waals surface area contributed by atoms with Crippen LogP contribution in [0, 0.1) is 5.92 Å². The molecule has 0 saturated carbocycles. The SMILES string of the molecule is O=C(OC1CC(/C=C\C(O)c2ccc(C(F)(F)F)cc2)CN1)C(F)(F)F. The molecule has 26 heavy (non-hydrogen) atoms. The third kappa shape index (κ3) is 5.46. The summed E-state index contributed by atoms with van der Waals surface area (Å²) in [7, 11) is 0. The normalized spacial score (nSPS) is 22.6. The fourth-order valence-corrected chi connectivity index (χ4v) is 2.40. The number of rotatable bonds is 4. The molecule has 1 aliphatic rings. The van der Waals surface area contributed by atoms with Crippen molar-refractivity contribution in [2.75, 3.05) is 6.54 Å². The molecule has 144 valence electrons. The minimum absolute atomic E-state index is 0.0814. The summed E-state index contributed by atoms with van der Waals surface area (Å²) in [5.74, 6) is -2.59. The first-order valence-corrected chi connectivity index (χ1v) is 7.51. The van der Waals surface area contributed by atoms with Crippen LogP contribution < -0.4 is 5.32 Å². The minimum Gasteiger partial charge on any atom is -0.440 e. The van der Waals surface area contributed by atoms with Gasteiger partial charge in [0.1, 0.15) is 0 Å². The Bertz CT molecular complexity index is 653. The zero-order valence-corrected chi connectivity index (χ0v) is 13.1. The Balaban J connectivity index is 1.89. The highest BCUT2D eigenvalue weighted by Gasteiger charge is 2.43. The molecule has 0 aliphatic carbocycles. The summed E-state index contributed by atoms with van der Waals surface area (Å²) in [5, 5.41) is 12.6. The molecule has 0 spiro atoms. The van der Waals surface area contributed by atoms with Crippen molar-refractivity contribution in [3.8, 4) is 0 Å². The molecular formula is C16H15F6NO3. The molecule has 2 N–H and O–H groups in total. The van der Waals surface area contributed by atoms with E-state index in [1.165, 1.54) is 12.2 Å². The predicted molar refractivity (Wildman–Crippen MR) is 77.6 cm³/mol. The lowest BCUT2D eigenvalue weighted by atomic mass is 10.0. The van der Waals surface area contributed by atoms with Crippen molar-refractivity contribution in [1.82, 2.24) is 5.32 Å². The van der Waals surface area contributed by atoms with E-state index in [9.17, 15) is 36.2 Å². The number of hydrogen-bond donors (Lipinski definition) is 2. The van der Waals surface area contributed by atoms with Crippen LogP contribution in [0.2, 0.25) is 0 Å². The molecular weight excluding hydrogens is 368 g/mol. The molecule has 10 heteroatoms. The topological polar surface area (TPSA) is 58.6 Å². The van der Waals surface area contributed by atoms with Crippen molar-refractivity contribution in [3.63, 3.8) is 0 Å². The first-order valence-electron chi connectivity index (χ1n) is 7.51. The van der Waals surface area contributed by atoms with Gasteiger partial charge in [-0.15, -0.1) is 0 Å². The van der Waals surface area contributed by atoms with Gasteiger partial charge in [-0.2, -0.15) is 26.3 Å². The van der Waals surface area contributed by atoms with Gasteiger partial charge < -0.3 is 9.84 Å². The Kier molecular flexibility index (Phi) is 5.97. The lowest BCUT2D eigenvalue weighted by Gasteiger charge is -2.13. The van der Waals surface area contributed by atoms with E-state index in [0.717, 1.165) is 24.3 Å². The highest BCUT2D eigenvalue weighted by molar-refractivity contribution is 5.75. The first-order chi connectivity index (χ1) is 12.0. The molecule has 0 bridgehead atoms. The molecule has 1 saturated heterocycles. The molecule has 0 aromatic heterocycles. The maximum absolute atomic E-state index is 12.5. The second kappa shape index (κ2) is 7.67. The van der Waals surface area contributed by atoms with E-state index in [-0.39, 0.29) is 24.4 Å². The number of ether oxygens (including phenoxy) is 1. The van der Waals surface area contributed by atoms with E-state index in [2.05, 4.69) is 10.1 Å². The van der Waals surface area contributed by atoms with Crippen molar-refractivity contribution in [2.24, 2.45) is 5.92 Å². The summed E-state index contributed by atoms with van der Waals surface area (Å²) < 4.78 is 78.1. The molecule has 2 rings (SSSR count). The number of benzene rings is 1. The number of carbonyl (C=O) groups is 1. The van der Waals surface area contributed by atoms with Crippen molar-refractivity contribution < 1.29 is 41.0 Å². The third-order valence-electron chi connectivity index (χ3n) is 3.75. The van der Waals surface area contributed by atoms with Gasteiger partial charge in [0.05, 0.1) is 11.7 Å². The first kappa shape index (κ1) is 20.2. The number of carbonyl (C=O) groups excluding carboxylic acids is 1. The Morgan fingerprint density at radius 2 is 1.81 bits per heavy atom. The highest BCUT2D eigenvalue weighted by Crippen LogP contribution is 2.30. The maximum atomic E-state index is 12.5. The van der Waals surface area contributed by atoms with Crippen LogP contribution in [-0.2, 0) is 15.7 Å². The van der Waals surface area contributed by atoms with Crippen LogP contribution in [0.4, 0.5) is 26.3 Å². The van der Waals surface area contributed by atoms with Gasteiger partial charge in [0.15, 0.2) is 6.23 Å². The summed E-state index contributed by atoms with van der Waals surface area (Å²) in [6.07, 6.45) is -8.90. The van der Waals surface area contributed by atoms with Crippen LogP contribution in [0.1, 0.15) is 23.7 Å². The van der Waals surface area contributed by atoms with Crippen LogP contribution in [-0.4, -0.2) is 30.0 Å². The van der Waals surface area contributed by atoms with Crippen molar-refractivity contribution in [1.29, 1.82) is 0 Å². The smallest absolute Gasteiger partial charge is 0.440 e. The zero-order chi connectivity index (χ0) is 19.5. The van der Waals surface area contributed by atoms with E-state index < -0.39 is 36.2 Å². The number of aliphatic hydroxyl groups excluding tert-OH is 1. The standard InChI is InChI=1S/C16H15F6NO3/c17-15(18,19)11-4-2-10(3-5-11)12(24)6-1-9-7-13(23-8-9)26-14(25)16(20,21)22/h1-6,9,12-13,23-24H,7-8H2/b6-1-. The van der Waals surface area contributed by atoms with Gasteiger partial charge in [-0.1, -0.05) is 24.3 Å². The van der Waals surface area contributed by atoms with Crippen LogP contribution in [0.25, 0.3) is 0 Å². The average molecular weight is 383 g/mol. The van der Waals surface area contributed by atoms with Crippen LogP contribution >= 0.6 is 0 Å². The molecule has 1 fully saturated rings. The van der Waals surface area contributed by atoms with Gasteiger partial charge in [0, 0.05) is 13.0 Å². The highest BCUT2D eigenvalue weighted by atomic mass is 19.4. The molecule has 3 unspecified atom stereocenters. The second-order valence-corrected chi connectivity index (χ2v) is 5.75. The van der Waals surface area contributed by atoms with Gasteiger partial charge >= 0.3 is 18.3 Å². The second-order valence-electron chi connectivity index (χ2n) is 5.75. The lowest BCUT2D eigenvalue weighted by molar-refractivity contribution is -0.205. The molecule has 0 radical (unpaired) electrons. The van der Waals surface area contributed by atoms with Gasteiger partial charge in [0.25, 0.3) is 0 Å². The fourth-order valence-electron chi connectivity index (χ4n) is 2.40. The van der Waals surface area contributed by atoms with E-state index in [0.29, 0.717) is 0 Å². The summed E-state index contributed by atoms with van der Waals surface area (Å²) >= 11 is 0.